The normalized spacial score (nSPS) is 10.9. The van der Waals surface area contributed by atoms with E-state index < -0.39 is 0 Å². The molecular formula is C13H10ClN3. The van der Waals surface area contributed by atoms with E-state index in [-0.39, 0.29) is 0 Å². The van der Waals surface area contributed by atoms with E-state index in [2.05, 4.69) is 10.2 Å². The van der Waals surface area contributed by atoms with Crippen LogP contribution >= 0.6 is 11.6 Å². The molecule has 0 aliphatic heterocycles. The largest absolute Gasteiger partial charge is 0.286 e. The minimum Gasteiger partial charge on any atom is -0.286 e. The van der Waals surface area contributed by atoms with Crippen molar-refractivity contribution in [1.29, 1.82) is 0 Å². The molecule has 4 heteroatoms. The molecule has 84 valence electrons. The molecule has 2 heterocycles. The molecule has 0 aliphatic carbocycles. The summed E-state index contributed by atoms with van der Waals surface area (Å²) in [4.78, 5) is 0. The standard InChI is InChI=1S/C13H10ClN3/c1-9-15-16-13-7-4-11(8-17(9)13)10-2-5-12(14)6-3-10/h2-8H,1H3. The monoisotopic (exact) mass is 243 g/mol. The maximum atomic E-state index is 5.88. The van der Waals surface area contributed by atoms with Crippen molar-refractivity contribution in [3.05, 3.63) is 53.4 Å². The summed E-state index contributed by atoms with van der Waals surface area (Å²) in [5, 5.41) is 8.84. The lowest BCUT2D eigenvalue weighted by Gasteiger charge is -2.03. The van der Waals surface area contributed by atoms with Crippen LogP contribution < -0.4 is 0 Å². The minimum absolute atomic E-state index is 0.746. The van der Waals surface area contributed by atoms with Gasteiger partial charge in [0.15, 0.2) is 5.65 Å². The van der Waals surface area contributed by atoms with Gasteiger partial charge in [0.05, 0.1) is 0 Å². The molecule has 0 aliphatic rings. The van der Waals surface area contributed by atoms with Crippen LogP contribution in [0.4, 0.5) is 0 Å². The van der Waals surface area contributed by atoms with Gasteiger partial charge in [-0.05, 0) is 42.3 Å². The summed E-state index contributed by atoms with van der Waals surface area (Å²) in [7, 11) is 0. The number of hydrogen-bond donors (Lipinski definition) is 0. The summed E-state index contributed by atoms with van der Waals surface area (Å²) >= 11 is 5.88. The Hall–Kier alpha value is -1.87. The topological polar surface area (TPSA) is 30.2 Å². The van der Waals surface area contributed by atoms with E-state index in [0.717, 1.165) is 27.6 Å². The second-order valence-corrected chi connectivity index (χ2v) is 4.34. The van der Waals surface area contributed by atoms with Crippen molar-refractivity contribution < 1.29 is 0 Å². The molecule has 3 rings (SSSR count). The van der Waals surface area contributed by atoms with Crippen LogP contribution in [-0.2, 0) is 0 Å². The van der Waals surface area contributed by atoms with Gasteiger partial charge in [-0.2, -0.15) is 0 Å². The fourth-order valence-electron chi connectivity index (χ4n) is 1.82. The lowest BCUT2D eigenvalue weighted by atomic mass is 10.1. The highest BCUT2D eigenvalue weighted by molar-refractivity contribution is 6.30. The van der Waals surface area contributed by atoms with E-state index in [1.165, 1.54) is 0 Å². The van der Waals surface area contributed by atoms with E-state index in [1.807, 2.05) is 53.9 Å². The Labute approximate surface area is 104 Å². The maximum absolute atomic E-state index is 5.88. The van der Waals surface area contributed by atoms with E-state index in [9.17, 15) is 0 Å². The van der Waals surface area contributed by atoms with Crippen LogP contribution in [0.2, 0.25) is 5.02 Å². The summed E-state index contributed by atoms with van der Waals surface area (Å²) < 4.78 is 1.98. The van der Waals surface area contributed by atoms with Crippen LogP contribution in [0.15, 0.2) is 42.6 Å². The van der Waals surface area contributed by atoms with Crippen LogP contribution in [0.5, 0.6) is 0 Å². The summed E-state index contributed by atoms with van der Waals surface area (Å²) in [5.74, 6) is 0.885. The Kier molecular flexibility index (Phi) is 2.34. The first-order valence-corrected chi connectivity index (χ1v) is 5.69. The molecule has 0 saturated carbocycles. The Morgan fingerprint density at radius 2 is 1.65 bits per heavy atom. The second kappa shape index (κ2) is 3.86. The first-order chi connectivity index (χ1) is 8.24. The number of fused-ring (bicyclic) bond motifs is 1. The van der Waals surface area contributed by atoms with Crippen molar-refractivity contribution in [2.45, 2.75) is 6.92 Å². The number of nitrogens with zero attached hydrogens (tertiary/aromatic N) is 3. The van der Waals surface area contributed by atoms with Gasteiger partial charge in [-0.15, -0.1) is 10.2 Å². The maximum Gasteiger partial charge on any atom is 0.160 e. The Balaban J connectivity index is 2.17. The van der Waals surface area contributed by atoms with Gasteiger partial charge in [0.25, 0.3) is 0 Å². The number of aromatic nitrogens is 3. The summed E-state index contributed by atoms with van der Waals surface area (Å²) in [6, 6.07) is 11.8. The Morgan fingerprint density at radius 3 is 2.41 bits per heavy atom. The van der Waals surface area contributed by atoms with Gasteiger partial charge < -0.3 is 0 Å². The molecule has 0 fully saturated rings. The Morgan fingerprint density at radius 1 is 0.941 bits per heavy atom. The molecule has 0 bridgehead atoms. The van der Waals surface area contributed by atoms with Gasteiger partial charge >= 0.3 is 0 Å². The molecule has 0 atom stereocenters. The van der Waals surface area contributed by atoms with Crippen LogP contribution in [0.1, 0.15) is 5.82 Å². The lowest BCUT2D eigenvalue weighted by Crippen LogP contribution is -1.89. The average molecular weight is 244 g/mol. The molecule has 1 aromatic carbocycles. The molecule has 3 nitrogen and oxygen atoms in total. The highest BCUT2D eigenvalue weighted by Crippen LogP contribution is 2.22. The van der Waals surface area contributed by atoms with Crippen molar-refractivity contribution in [1.82, 2.24) is 14.6 Å². The van der Waals surface area contributed by atoms with Gasteiger partial charge in [-0.25, -0.2) is 0 Å². The van der Waals surface area contributed by atoms with Crippen molar-refractivity contribution in [3.8, 4) is 11.1 Å². The van der Waals surface area contributed by atoms with Crippen molar-refractivity contribution in [2.24, 2.45) is 0 Å². The lowest BCUT2D eigenvalue weighted by molar-refractivity contribution is 1.01. The molecule has 2 aromatic heterocycles. The highest BCUT2D eigenvalue weighted by Gasteiger charge is 2.03. The molecule has 0 unspecified atom stereocenters. The molecule has 0 amide bonds. The van der Waals surface area contributed by atoms with Crippen molar-refractivity contribution >= 4 is 17.2 Å². The number of rotatable bonds is 1. The van der Waals surface area contributed by atoms with Crippen LogP contribution in [-0.4, -0.2) is 14.6 Å². The smallest absolute Gasteiger partial charge is 0.160 e. The third-order valence-corrected chi connectivity index (χ3v) is 3.00. The zero-order chi connectivity index (χ0) is 11.8. The molecule has 17 heavy (non-hydrogen) atoms. The third-order valence-electron chi connectivity index (χ3n) is 2.75. The van der Waals surface area contributed by atoms with Crippen LogP contribution in [0.25, 0.3) is 16.8 Å². The summed E-state index contributed by atoms with van der Waals surface area (Å²) in [6.07, 6.45) is 2.04. The number of hydrogen-bond acceptors (Lipinski definition) is 2. The zero-order valence-electron chi connectivity index (χ0n) is 9.26. The molecule has 0 spiro atoms. The predicted molar refractivity (Wildman–Crippen MR) is 68.2 cm³/mol. The number of halogens is 1. The fraction of sp³-hybridized carbons (Fsp3) is 0.0769. The van der Waals surface area contributed by atoms with Crippen LogP contribution in [0, 0.1) is 6.92 Å². The Bertz CT molecular complexity index is 671. The highest BCUT2D eigenvalue weighted by atomic mass is 35.5. The first kappa shape index (κ1) is 10.3. The second-order valence-electron chi connectivity index (χ2n) is 3.90. The van der Waals surface area contributed by atoms with Crippen molar-refractivity contribution in [2.75, 3.05) is 0 Å². The average Bonchev–Trinajstić information content (AvgIpc) is 2.72. The van der Waals surface area contributed by atoms with E-state index in [0.29, 0.717) is 0 Å². The van der Waals surface area contributed by atoms with E-state index >= 15 is 0 Å². The van der Waals surface area contributed by atoms with Crippen LogP contribution in [0.3, 0.4) is 0 Å². The van der Waals surface area contributed by atoms with Gasteiger partial charge in [-0.1, -0.05) is 23.7 Å². The quantitative estimate of drug-likeness (QED) is 0.656. The predicted octanol–water partition coefficient (Wildman–Crippen LogP) is 3.36. The minimum atomic E-state index is 0.746. The molecule has 0 saturated heterocycles. The summed E-state index contributed by atoms with van der Waals surface area (Å²) in [5.41, 5.74) is 3.11. The fourth-order valence-corrected chi connectivity index (χ4v) is 1.94. The summed E-state index contributed by atoms with van der Waals surface area (Å²) in [6.45, 7) is 1.94. The van der Waals surface area contributed by atoms with Gasteiger partial charge in [0.2, 0.25) is 0 Å². The van der Waals surface area contributed by atoms with Crippen molar-refractivity contribution in [3.63, 3.8) is 0 Å². The SMILES string of the molecule is Cc1nnc2ccc(-c3ccc(Cl)cc3)cn12. The molecule has 3 aromatic rings. The number of benzene rings is 1. The molecule has 0 N–H and O–H groups in total. The van der Waals surface area contributed by atoms with Gasteiger partial charge in [0.1, 0.15) is 5.82 Å². The zero-order valence-corrected chi connectivity index (χ0v) is 10.0. The van der Waals surface area contributed by atoms with E-state index in [1.54, 1.807) is 0 Å². The van der Waals surface area contributed by atoms with Gasteiger partial charge in [0, 0.05) is 11.2 Å². The molecule has 0 radical (unpaired) electrons. The van der Waals surface area contributed by atoms with E-state index in [4.69, 9.17) is 11.6 Å². The van der Waals surface area contributed by atoms with Gasteiger partial charge in [-0.3, -0.25) is 4.40 Å². The molecular weight excluding hydrogens is 234 g/mol. The number of aryl methyl sites for hydroxylation is 1. The first-order valence-electron chi connectivity index (χ1n) is 5.31. The third kappa shape index (κ3) is 1.78. The number of pyridine rings is 1.